The quantitative estimate of drug-likeness (QED) is 0.289. The van der Waals surface area contributed by atoms with Crippen LogP contribution < -0.4 is 0 Å². The van der Waals surface area contributed by atoms with E-state index in [1.54, 1.807) is 12.4 Å². The Hall–Kier alpha value is -2.69. The van der Waals surface area contributed by atoms with E-state index in [9.17, 15) is 0 Å². The summed E-state index contributed by atoms with van der Waals surface area (Å²) in [6.07, 6.45) is 3.61. The van der Waals surface area contributed by atoms with Gasteiger partial charge in [-0.15, -0.1) is 69.8 Å². The number of benzene rings is 2. The fourth-order valence-electron chi connectivity index (χ4n) is 3.11. The molecular weight excluding hydrogens is 589 g/mol. The molecule has 0 saturated heterocycles. The molecule has 0 spiro atoms. The van der Waals surface area contributed by atoms with E-state index in [1.165, 1.54) is 11.1 Å². The van der Waals surface area contributed by atoms with Crippen molar-refractivity contribution in [1.29, 1.82) is 0 Å². The SMILES string of the molecule is CO.CO.Cc1[c-]c(-c2ccccn2)cc(C)c1.Cc1[c-]c(-c2ccccn2)cc(C)c1.[Ir]. The van der Waals surface area contributed by atoms with E-state index in [4.69, 9.17) is 10.2 Å². The Bertz CT molecular complexity index is 928. The Balaban J connectivity index is 0.000000526. The molecule has 0 amide bonds. The third-order valence-electron chi connectivity index (χ3n) is 4.18. The fourth-order valence-corrected chi connectivity index (χ4v) is 3.11. The zero-order valence-corrected chi connectivity index (χ0v) is 22.4. The van der Waals surface area contributed by atoms with Crippen LogP contribution in [0.2, 0.25) is 0 Å². The number of aryl methyl sites for hydroxylation is 4. The Morgan fingerprint density at radius 3 is 1.21 bits per heavy atom. The van der Waals surface area contributed by atoms with Gasteiger partial charge in [0.25, 0.3) is 0 Å². The molecule has 5 heteroatoms. The monoisotopic (exact) mass is 621 g/mol. The number of aliphatic hydroxyl groups excluding tert-OH is 2. The first-order chi connectivity index (χ1) is 15.5. The smallest absolute Gasteiger partial charge is 0.0319 e. The number of nitrogens with zero attached hydrogens (tertiary/aromatic N) is 2. The summed E-state index contributed by atoms with van der Waals surface area (Å²) in [7, 11) is 2.00. The Morgan fingerprint density at radius 2 is 0.939 bits per heavy atom. The average Bonchev–Trinajstić information content (AvgIpc) is 2.82. The maximum absolute atomic E-state index is 7.00. The van der Waals surface area contributed by atoms with E-state index in [-0.39, 0.29) is 20.1 Å². The maximum atomic E-state index is 7.00. The van der Waals surface area contributed by atoms with Gasteiger partial charge in [-0.25, -0.2) is 0 Å². The van der Waals surface area contributed by atoms with Gasteiger partial charge < -0.3 is 20.2 Å². The largest absolute Gasteiger partial charge is 0.400 e. The van der Waals surface area contributed by atoms with Crippen molar-refractivity contribution in [3.63, 3.8) is 0 Å². The van der Waals surface area contributed by atoms with Crippen LogP contribution in [0, 0.1) is 39.8 Å². The molecule has 4 rings (SSSR count). The molecular formula is C28H32IrN2O2-2. The van der Waals surface area contributed by atoms with E-state index >= 15 is 0 Å². The van der Waals surface area contributed by atoms with Crippen molar-refractivity contribution in [2.24, 2.45) is 0 Å². The zero-order chi connectivity index (χ0) is 23.9. The molecule has 0 bridgehead atoms. The van der Waals surface area contributed by atoms with Gasteiger partial charge in [0.2, 0.25) is 0 Å². The van der Waals surface area contributed by atoms with Gasteiger partial charge in [-0.2, -0.15) is 0 Å². The summed E-state index contributed by atoms with van der Waals surface area (Å²) in [4.78, 5) is 8.60. The summed E-state index contributed by atoms with van der Waals surface area (Å²) in [5, 5.41) is 14.0. The number of rotatable bonds is 2. The molecule has 2 aromatic heterocycles. The summed E-state index contributed by atoms with van der Waals surface area (Å²) in [5.74, 6) is 0. The third-order valence-corrected chi connectivity index (χ3v) is 4.18. The Morgan fingerprint density at radius 1 is 0.576 bits per heavy atom. The van der Waals surface area contributed by atoms with Gasteiger partial charge in [0, 0.05) is 46.7 Å². The van der Waals surface area contributed by atoms with Gasteiger partial charge in [0.05, 0.1) is 0 Å². The van der Waals surface area contributed by atoms with Gasteiger partial charge in [0.1, 0.15) is 0 Å². The van der Waals surface area contributed by atoms with Crippen molar-refractivity contribution in [3.05, 3.63) is 107 Å². The van der Waals surface area contributed by atoms with Crippen molar-refractivity contribution in [2.75, 3.05) is 14.2 Å². The van der Waals surface area contributed by atoms with Crippen molar-refractivity contribution < 1.29 is 30.3 Å². The molecule has 0 atom stereocenters. The summed E-state index contributed by atoms with van der Waals surface area (Å²) >= 11 is 0. The van der Waals surface area contributed by atoms with Gasteiger partial charge in [-0.3, -0.25) is 0 Å². The third kappa shape index (κ3) is 10.6. The van der Waals surface area contributed by atoms with Gasteiger partial charge in [-0.05, 0) is 23.5 Å². The minimum absolute atomic E-state index is 0. The number of hydrogen-bond acceptors (Lipinski definition) is 4. The van der Waals surface area contributed by atoms with Crippen LogP contribution in [0.25, 0.3) is 22.5 Å². The molecule has 2 aromatic carbocycles. The number of aliphatic hydroxyl groups is 2. The normalized spacial score (nSPS) is 8.97. The van der Waals surface area contributed by atoms with Gasteiger partial charge in [-0.1, -0.05) is 52.0 Å². The number of aromatic nitrogens is 2. The van der Waals surface area contributed by atoms with E-state index in [2.05, 4.69) is 74.1 Å². The van der Waals surface area contributed by atoms with Crippen LogP contribution in [0.4, 0.5) is 0 Å². The molecule has 4 nitrogen and oxygen atoms in total. The number of pyridine rings is 2. The van der Waals surface area contributed by atoms with Crippen LogP contribution in [-0.4, -0.2) is 34.4 Å². The van der Waals surface area contributed by atoms with Crippen molar-refractivity contribution in [2.45, 2.75) is 27.7 Å². The minimum atomic E-state index is 0. The predicted molar refractivity (Wildman–Crippen MR) is 132 cm³/mol. The van der Waals surface area contributed by atoms with Crippen molar-refractivity contribution in [1.82, 2.24) is 9.97 Å². The Kier molecular flexibility index (Phi) is 15.5. The second kappa shape index (κ2) is 16.9. The van der Waals surface area contributed by atoms with Crippen molar-refractivity contribution in [3.8, 4) is 22.5 Å². The van der Waals surface area contributed by atoms with Gasteiger partial charge >= 0.3 is 0 Å². The van der Waals surface area contributed by atoms with Crippen LogP contribution in [0.1, 0.15) is 22.3 Å². The summed E-state index contributed by atoms with van der Waals surface area (Å²) in [5.41, 5.74) is 8.94. The Labute approximate surface area is 211 Å². The van der Waals surface area contributed by atoms with Crippen molar-refractivity contribution >= 4 is 0 Å². The standard InChI is InChI=1S/2C13H12N.2CH4O.Ir/c2*1-10-7-11(2)9-12(8-10)13-5-3-4-6-14-13;2*1-2;/h2*3-8H,1-2H3;2*2H,1H3;/q2*-1;;;. The second-order valence-electron chi connectivity index (χ2n) is 6.94. The topological polar surface area (TPSA) is 66.2 Å². The van der Waals surface area contributed by atoms with E-state index < -0.39 is 0 Å². The average molecular weight is 621 g/mol. The first-order valence-electron chi connectivity index (χ1n) is 10.2. The summed E-state index contributed by atoms with van der Waals surface area (Å²) in [6.45, 7) is 8.29. The molecule has 0 aliphatic carbocycles. The molecule has 4 aromatic rings. The second-order valence-corrected chi connectivity index (χ2v) is 6.94. The van der Waals surface area contributed by atoms with Crippen LogP contribution in [0.5, 0.6) is 0 Å². The molecule has 177 valence electrons. The van der Waals surface area contributed by atoms with E-state index in [0.717, 1.165) is 47.9 Å². The molecule has 2 heterocycles. The van der Waals surface area contributed by atoms with Crippen LogP contribution >= 0.6 is 0 Å². The molecule has 0 aliphatic heterocycles. The first kappa shape index (κ1) is 30.3. The molecule has 1 radical (unpaired) electrons. The van der Waals surface area contributed by atoms with E-state index in [1.807, 2.05) is 36.4 Å². The van der Waals surface area contributed by atoms with Crippen LogP contribution in [0.15, 0.2) is 73.1 Å². The molecule has 2 N–H and O–H groups in total. The first-order valence-corrected chi connectivity index (χ1v) is 10.2. The fraction of sp³-hybridized carbons (Fsp3) is 0.214. The van der Waals surface area contributed by atoms with E-state index in [0.29, 0.717) is 0 Å². The maximum Gasteiger partial charge on any atom is 0.0319 e. The van der Waals surface area contributed by atoms with Crippen LogP contribution in [0.3, 0.4) is 0 Å². The molecule has 0 unspecified atom stereocenters. The predicted octanol–water partition coefficient (Wildman–Crippen LogP) is 5.55. The minimum Gasteiger partial charge on any atom is -0.400 e. The van der Waals surface area contributed by atoms with Gasteiger partial charge in [0.15, 0.2) is 0 Å². The molecule has 0 aliphatic rings. The molecule has 0 fully saturated rings. The summed E-state index contributed by atoms with van der Waals surface area (Å²) in [6, 6.07) is 26.9. The van der Waals surface area contributed by atoms with Crippen LogP contribution in [-0.2, 0) is 20.1 Å². The zero-order valence-electron chi connectivity index (χ0n) is 20.1. The molecule has 0 saturated carbocycles. The molecule has 33 heavy (non-hydrogen) atoms. The number of hydrogen-bond donors (Lipinski definition) is 2. The summed E-state index contributed by atoms with van der Waals surface area (Å²) < 4.78 is 0.